The lowest BCUT2D eigenvalue weighted by molar-refractivity contribution is -0.870. The quantitative estimate of drug-likeness (QED) is 0.0195. The Morgan fingerprint density at radius 1 is 0.297 bits per heavy atom. The fourth-order valence-electron chi connectivity index (χ4n) is 11.3. The molecule has 0 aromatic carbocycles. The molecule has 101 heavy (non-hydrogen) atoms. The zero-order valence-electron chi connectivity index (χ0n) is 65.7. The Kier molecular flexibility index (Phi) is 76.1. The Bertz CT molecular complexity index is 2280. The Hall–Kier alpha value is -5.35. The number of esters is 2. The van der Waals surface area contributed by atoms with Gasteiger partial charge in [0.05, 0.1) is 40.3 Å². The van der Waals surface area contributed by atoms with Gasteiger partial charge in [0.2, 0.25) is 0 Å². The highest BCUT2D eigenvalue weighted by atomic mass is 16.7. The van der Waals surface area contributed by atoms with Gasteiger partial charge in [-0.3, -0.25) is 9.59 Å². The predicted octanol–water partition coefficient (Wildman–Crippen LogP) is 25.6. The highest BCUT2D eigenvalue weighted by Gasteiger charge is 2.22. The highest BCUT2D eigenvalue weighted by Crippen LogP contribution is 2.18. The van der Waals surface area contributed by atoms with Crippen LogP contribution in [-0.2, 0) is 33.3 Å². The molecule has 0 saturated heterocycles. The number of carbonyl (C=O) groups is 3. The zero-order chi connectivity index (χ0) is 73.2. The van der Waals surface area contributed by atoms with Crippen molar-refractivity contribution in [2.24, 2.45) is 0 Å². The summed E-state index contributed by atoms with van der Waals surface area (Å²) >= 11 is 0. The monoisotopic (exact) mass is 1400 g/mol. The van der Waals surface area contributed by atoms with Crippen molar-refractivity contribution in [2.45, 2.75) is 347 Å². The number of aliphatic carboxylic acids is 1. The van der Waals surface area contributed by atoms with Gasteiger partial charge in [0, 0.05) is 12.8 Å². The summed E-state index contributed by atoms with van der Waals surface area (Å²) in [7, 11) is 5.93. The van der Waals surface area contributed by atoms with E-state index >= 15 is 0 Å². The molecule has 0 aliphatic rings. The van der Waals surface area contributed by atoms with E-state index in [4.69, 9.17) is 18.9 Å². The first-order valence-electron chi connectivity index (χ1n) is 41.3. The number of likely N-dealkylation sites (N-methyl/N-ethyl adjacent to an activating group) is 1. The number of hydrogen-bond acceptors (Lipinski definition) is 8. The molecule has 9 heteroatoms. The van der Waals surface area contributed by atoms with Crippen molar-refractivity contribution in [1.82, 2.24) is 0 Å². The molecular formula is C92H153NO8. The number of rotatable bonds is 75. The fraction of sp³-hybridized carbons (Fsp3) is 0.663. The third-order valence-corrected chi connectivity index (χ3v) is 17.5. The maximum Gasteiger partial charge on any atom is 0.306 e. The molecule has 0 rings (SSSR count). The van der Waals surface area contributed by atoms with Gasteiger partial charge in [-0.15, -0.1) is 0 Å². The standard InChI is InChI=1S/C92H153NO8/c1-6-8-10-12-14-16-18-20-22-24-26-28-30-32-34-36-38-40-42-44-45-47-48-50-52-54-56-58-60-62-64-66-68-70-72-74-76-78-80-82-89(94)99-86-88(87-100-92(91(96)97)98-85-84-93(3,4)5)101-90(95)83-81-79-77-75-73-71-69-67-65-63-61-59-57-55-53-51-49-46-43-41-39-37-35-33-31-29-27-25-23-21-19-17-15-13-11-9-7-2/h8-11,14-17,20-23,26-29,32-35,39,41,46,49,53,55,59,61,88,92H,6-7,12-13,18-19,24-25,30-31,36-38,40,42-45,47-48,50-52,54,56-58,60,62-87H2,1-5H3/b10-8-,11-9-,16-14-,17-15-,22-20-,23-21-,28-26-,29-27-,34-32-,35-33-,41-39-,49-46-,55-53-,61-59-. The molecule has 0 bridgehead atoms. The summed E-state index contributed by atoms with van der Waals surface area (Å²) in [4.78, 5) is 37.6. The van der Waals surface area contributed by atoms with Crippen LogP contribution in [0, 0.1) is 0 Å². The number of carbonyl (C=O) groups excluding carboxylic acids is 3. The number of allylic oxidation sites excluding steroid dienone is 28. The Morgan fingerprint density at radius 3 is 0.792 bits per heavy atom. The van der Waals surface area contributed by atoms with Crippen molar-refractivity contribution in [3.8, 4) is 0 Å². The van der Waals surface area contributed by atoms with Crippen molar-refractivity contribution < 1.29 is 42.9 Å². The predicted molar refractivity (Wildman–Crippen MR) is 435 cm³/mol. The van der Waals surface area contributed by atoms with Crippen molar-refractivity contribution in [3.63, 3.8) is 0 Å². The Labute approximate surface area is 622 Å². The minimum atomic E-state index is -1.63. The molecule has 574 valence electrons. The SMILES string of the molecule is CC/C=C\C/C=C\C/C=C\C/C=C\C/C=C\C/C=C\C/C=C\C/C=C\C/C=C\CCCCCCCCCCCC(=O)OC(COC(=O)CCCCCCCCCCCCCCCCCCCCCCCCC/C=C\C/C=C\C/C=C\C/C=C\C/C=C\CC)COC(OCC[N+](C)(C)C)C(=O)[O-]. The van der Waals surface area contributed by atoms with Gasteiger partial charge >= 0.3 is 11.9 Å². The third kappa shape index (κ3) is 81.8. The lowest BCUT2D eigenvalue weighted by atomic mass is 10.0. The minimum Gasteiger partial charge on any atom is -0.545 e. The number of unbranched alkanes of at least 4 members (excludes halogenated alkanes) is 32. The number of ether oxygens (including phenoxy) is 4. The number of nitrogens with zero attached hydrogens (tertiary/aromatic N) is 1. The molecule has 0 N–H and O–H groups in total. The van der Waals surface area contributed by atoms with Crippen LogP contribution < -0.4 is 5.11 Å². The van der Waals surface area contributed by atoms with Gasteiger partial charge in [-0.25, -0.2) is 0 Å². The van der Waals surface area contributed by atoms with Gasteiger partial charge in [0.1, 0.15) is 13.2 Å². The maximum atomic E-state index is 13.0. The van der Waals surface area contributed by atoms with E-state index in [1.54, 1.807) is 0 Å². The smallest absolute Gasteiger partial charge is 0.306 e. The van der Waals surface area contributed by atoms with Crippen molar-refractivity contribution in [3.05, 3.63) is 170 Å². The first-order chi connectivity index (χ1) is 49.6. The lowest BCUT2D eigenvalue weighted by Crippen LogP contribution is -2.44. The van der Waals surface area contributed by atoms with E-state index in [0.29, 0.717) is 17.4 Å². The Morgan fingerprint density at radius 2 is 0.535 bits per heavy atom. The molecule has 2 atom stereocenters. The summed E-state index contributed by atoms with van der Waals surface area (Å²) < 4.78 is 22.9. The second kappa shape index (κ2) is 80.3. The van der Waals surface area contributed by atoms with E-state index in [-0.39, 0.29) is 38.6 Å². The van der Waals surface area contributed by atoms with Gasteiger partial charge in [-0.1, -0.05) is 364 Å². The molecule has 2 unspecified atom stereocenters. The van der Waals surface area contributed by atoms with Gasteiger partial charge in [-0.05, 0) is 128 Å². The normalized spacial score (nSPS) is 13.6. The summed E-state index contributed by atoms with van der Waals surface area (Å²) in [6.07, 6.45) is 118. The van der Waals surface area contributed by atoms with Crippen LogP contribution in [-0.4, -0.2) is 82.3 Å². The van der Waals surface area contributed by atoms with Crippen LogP contribution in [0.5, 0.6) is 0 Å². The molecule has 0 spiro atoms. The van der Waals surface area contributed by atoms with E-state index in [1.165, 1.54) is 167 Å². The molecule has 0 aliphatic carbocycles. The van der Waals surface area contributed by atoms with E-state index < -0.39 is 24.3 Å². The zero-order valence-corrected chi connectivity index (χ0v) is 65.7. The highest BCUT2D eigenvalue weighted by molar-refractivity contribution is 5.70. The van der Waals surface area contributed by atoms with Gasteiger partial charge in [0.25, 0.3) is 0 Å². The average Bonchev–Trinajstić information content (AvgIpc) is 1.25. The lowest BCUT2D eigenvalue weighted by Gasteiger charge is -2.26. The third-order valence-electron chi connectivity index (χ3n) is 17.5. The number of carboxylic acid groups (broad SMARTS) is 1. The van der Waals surface area contributed by atoms with Crippen LogP contribution in [0.3, 0.4) is 0 Å². The average molecular weight is 1400 g/mol. The van der Waals surface area contributed by atoms with E-state index in [2.05, 4.69) is 184 Å². The first kappa shape index (κ1) is 95.6. The molecule has 0 aromatic heterocycles. The number of quaternary nitrogens is 1. The topological polar surface area (TPSA) is 111 Å². The van der Waals surface area contributed by atoms with Crippen molar-refractivity contribution in [1.29, 1.82) is 0 Å². The van der Waals surface area contributed by atoms with Gasteiger partial charge in [0.15, 0.2) is 12.4 Å². The Balaban J connectivity index is 4.05. The second-order valence-electron chi connectivity index (χ2n) is 28.3. The molecule has 0 radical (unpaired) electrons. The molecule has 0 aromatic rings. The van der Waals surface area contributed by atoms with Gasteiger partial charge in [-0.2, -0.15) is 0 Å². The summed E-state index contributed by atoms with van der Waals surface area (Å²) in [6.45, 7) is 4.53. The van der Waals surface area contributed by atoms with Crippen molar-refractivity contribution >= 4 is 17.9 Å². The molecule has 0 heterocycles. The van der Waals surface area contributed by atoms with Gasteiger partial charge < -0.3 is 33.3 Å². The summed E-state index contributed by atoms with van der Waals surface area (Å²) in [5.41, 5.74) is 0. The first-order valence-corrected chi connectivity index (χ1v) is 41.3. The minimum absolute atomic E-state index is 0.141. The summed E-state index contributed by atoms with van der Waals surface area (Å²) in [5.74, 6) is -2.29. The number of carboxylic acids is 1. The molecule has 9 nitrogen and oxygen atoms in total. The molecule has 0 amide bonds. The molecular weight excluding hydrogens is 1250 g/mol. The van der Waals surface area contributed by atoms with E-state index in [0.717, 1.165) is 135 Å². The summed E-state index contributed by atoms with van der Waals surface area (Å²) in [5, 5.41) is 11.9. The van der Waals surface area contributed by atoms with Crippen LogP contribution in [0.1, 0.15) is 335 Å². The van der Waals surface area contributed by atoms with E-state index in [1.807, 2.05) is 21.1 Å². The second-order valence-corrected chi connectivity index (χ2v) is 28.3. The fourth-order valence-corrected chi connectivity index (χ4v) is 11.3. The molecule has 0 aliphatic heterocycles. The van der Waals surface area contributed by atoms with Crippen molar-refractivity contribution in [2.75, 3.05) is 47.5 Å². The maximum absolute atomic E-state index is 13.0. The molecule has 0 fully saturated rings. The van der Waals surface area contributed by atoms with Crippen LogP contribution in [0.2, 0.25) is 0 Å². The summed E-state index contributed by atoms with van der Waals surface area (Å²) in [6, 6.07) is 0. The van der Waals surface area contributed by atoms with Crippen LogP contribution in [0.25, 0.3) is 0 Å². The molecule has 0 saturated carbocycles. The van der Waals surface area contributed by atoms with Crippen LogP contribution in [0.4, 0.5) is 0 Å². The van der Waals surface area contributed by atoms with Crippen LogP contribution in [0.15, 0.2) is 170 Å². The van der Waals surface area contributed by atoms with E-state index in [9.17, 15) is 19.5 Å². The number of hydrogen-bond donors (Lipinski definition) is 0. The largest absolute Gasteiger partial charge is 0.545 e. The van der Waals surface area contributed by atoms with Crippen LogP contribution >= 0.6 is 0 Å².